The Morgan fingerprint density at radius 2 is 1.71 bits per heavy atom. The monoisotopic (exact) mass is 341 g/mol. The number of carboxylic acid groups (broad SMARTS) is 1. The molecule has 0 bridgehead atoms. The van der Waals surface area contributed by atoms with Crippen LogP contribution in [0.15, 0.2) is 53.4 Å². The van der Waals surface area contributed by atoms with E-state index in [1.165, 1.54) is 36.0 Å². The lowest BCUT2D eigenvalue weighted by Crippen LogP contribution is -2.31. The molecule has 5 nitrogen and oxygen atoms in total. The molecule has 0 unspecified atom stereocenters. The summed E-state index contributed by atoms with van der Waals surface area (Å²) in [7, 11) is 0. The number of carbonyl (C=O) groups is 3. The van der Waals surface area contributed by atoms with Crippen LogP contribution in [0.3, 0.4) is 0 Å². The van der Waals surface area contributed by atoms with Crippen molar-refractivity contribution in [3.63, 3.8) is 0 Å². The van der Waals surface area contributed by atoms with E-state index >= 15 is 0 Å². The van der Waals surface area contributed by atoms with Crippen LogP contribution in [0.1, 0.15) is 22.3 Å². The van der Waals surface area contributed by atoms with Crippen LogP contribution in [-0.4, -0.2) is 28.1 Å². The van der Waals surface area contributed by atoms with Crippen molar-refractivity contribution in [1.29, 1.82) is 0 Å². The van der Waals surface area contributed by atoms with Crippen LogP contribution >= 0.6 is 11.8 Å². The number of hydrogen-bond acceptors (Lipinski definition) is 4. The molecule has 1 heterocycles. The first-order valence-electron chi connectivity index (χ1n) is 7.39. The van der Waals surface area contributed by atoms with Gasteiger partial charge in [0.15, 0.2) is 0 Å². The van der Waals surface area contributed by atoms with E-state index < -0.39 is 11.2 Å². The Balaban J connectivity index is 1.78. The third-order valence-corrected chi connectivity index (χ3v) is 4.97. The van der Waals surface area contributed by atoms with Crippen LogP contribution in [0.5, 0.6) is 0 Å². The van der Waals surface area contributed by atoms with Gasteiger partial charge in [-0.2, -0.15) is 0 Å². The molecule has 0 saturated carbocycles. The van der Waals surface area contributed by atoms with E-state index in [0.29, 0.717) is 5.69 Å². The molecule has 24 heavy (non-hydrogen) atoms. The zero-order chi connectivity index (χ0) is 17.3. The minimum Gasteiger partial charge on any atom is -0.478 e. The first kappa shape index (κ1) is 16.3. The Morgan fingerprint density at radius 1 is 1.08 bits per heavy atom. The zero-order valence-electron chi connectivity index (χ0n) is 12.9. The maximum atomic E-state index is 12.6. The number of carbonyl (C=O) groups excluding carboxylic acids is 2. The molecule has 1 saturated heterocycles. The van der Waals surface area contributed by atoms with Gasteiger partial charge in [0.25, 0.3) is 0 Å². The third-order valence-electron chi connectivity index (χ3n) is 3.78. The Kier molecular flexibility index (Phi) is 4.40. The smallest absolute Gasteiger partial charge is 0.335 e. The molecule has 2 amide bonds. The van der Waals surface area contributed by atoms with Crippen molar-refractivity contribution < 1.29 is 19.5 Å². The fourth-order valence-electron chi connectivity index (χ4n) is 2.50. The second kappa shape index (κ2) is 6.49. The summed E-state index contributed by atoms with van der Waals surface area (Å²) in [5, 5.41) is 8.46. The Morgan fingerprint density at radius 3 is 2.29 bits per heavy atom. The van der Waals surface area contributed by atoms with Crippen molar-refractivity contribution in [3.8, 4) is 0 Å². The van der Waals surface area contributed by atoms with Crippen LogP contribution < -0.4 is 4.90 Å². The Bertz CT molecular complexity index is 799. The third kappa shape index (κ3) is 3.19. The number of hydrogen-bond donors (Lipinski definition) is 1. The van der Waals surface area contributed by atoms with Gasteiger partial charge in [0.1, 0.15) is 0 Å². The van der Waals surface area contributed by atoms with E-state index in [9.17, 15) is 14.4 Å². The summed E-state index contributed by atoms with van der Waals surface area (Å²) in [5.41, 5.74) is 1.65. The fraction of sp³-hybridized carbons (Fsp3) is 0.167. The van der Waals surface area contributed by atoms with Gasteiger partial charge in [-0.15, -0.1) is 11.8 Å². The van der Waals surface area contributed by atoms with Crippen LogP contribution in [0, 0.1) is 6.92 Å². The highest BCUT2D eigenvalue weighted by atomic mass is 32.2. The predicted octanol–water partition coefficient (Wildman–Crippen LogP) is 3.12. The first-order valence-corrected chi connectivity index (χ1v) is 8.27. The number of benzene rings is 2. The minimum atomic E-state index is -1.05. The van der Waals surface area contributed by atoms with Crippen molar-refractivity contribution in [2.45, 2.75) is 23.5 Å². The highest BCUT2D eigenvalue weighted by Gasteiger charge is 2.40. The summed E-state index contributed by atoms with van der Waals surface area (Å²) in [6.45, 7) is 1.99. The molecule has 2 aromatic rings. The van der Waals surface area contributed by atoms with Crippen LogP contribution in [0.4, 0.5) is 5.69 Å². The number of imide groups is 1. The molecule has 3 rings (SSSR count). The van der Waals surface area contributed by atoms with Gasteiger partial charge in [0.2, 0.25) is 11.8 Å². The maximum absolute atomic E-state index is 12.6. The standard InChI is InChI=1S/C18H15NO4S/c1-11-2-8-14(9-3-11)24-15-10-16(20)19(17(15)21)13-6-4-12(5-7-13)18(22)23/h2-9,15H,10H2,1H3,(H,22,23)/t15-/m0/s1. The van der Waals surface area contributed by atoms with Gasteiger partial charge in [-0.25, -0.2) is 9.69 Å². The van der Waals surface area contributed by atoms with E-state index in [4.69, 9.17) is 5.11 Å². The summed E-state index contributed by atoms with van der Waals surface area (Å²) >= 11 is 1.37. The molecule has 1 atom stereocenters. The summed E-state index contributed by atoms with van der Waals surface area (Å²) in [6.07, 6.45) is 0.137. The van der Waals surface area contributed by atoms with Crippen molar-refractivity contribution in [2.75, 3.05) is 4.90 Å². The number of aromatic carboxylic acids is 1. The number of carboxylic acids is 1. The predicted molar refractivity (Wildman–Crippen MR) is 91.3 cm³/mol. The van der Waals surface area contributed by atoms with Gasteiger partial charge in [-0.05, 0) is 43.3 Å². The molecule has 0 aliphatic carbocycles. The second-order valence-electron chi connectivity index (χ2n) is 5.54. The Labute approximate surface area is 143 Å². The first-order chi connectivity index (χ1) is 11.5. The molecule has 0 radical (unpaired) electrons. The average molecular weight is 341 g/mol. The lowest BCUT2D eigenvalue weighted by Gasteiger charge is -2.15. The molecule has 1 aliphatic rings. The zero-order valence-corrected chi connectivity index (χ0v) is 13.7. The largest absolute Gasteiger partial charge is 0.478 e. The van der Waals surface area contributed by atoms with E-state index in [0.717, 1.165) is 15.4 Å². The van der Waals surface area contributed by atoms with Gasteiger partial charge in [-0.1, -0.05) is 17.7 Å². The fourth-order valence-corrected chi connectivity index (χ4v) is 3.56. The molecule has 0 spiro atoms. The van der Waals surface area contributed by atoms with Gasteiger partial charge in [0.05, 0.1) is 16.5 Å². The van der Waals surface area contributed by atoms with Crippen LogP contribution in [0.25, 0.3) is 0 Å². The van der Waals surface area contributed by atoms with Crippen LogP contribution in [0.2, 0.25) is 0 Å². The van der Waals surface area contributed by atoms with Gasteiger partial charge >= 0.3 is 5.97 Å². The van der Waals surface area contributed by atoms with E-state index in [1.54, 1.807) is 0 Å². The molecule has 2 aromatic carbocycles. The molecule has 1 aliphatic heterocycles. The number of amides is 2. The Hall–Kier alpha value is -2.60. The number of aryl methyl sites for hydroxylation is 1. The summed E-state index contributed by atoms with van der Waals surface area (Å²) in [6, 6.07) is 13.5. The summed E-state index contributed by atoms with van der Waals surface area (Å²) in [4.78, 5) is 37.8. The molecule has 1 N–H and O–H groups in total. The van der Waals surface area contributed by atoms with Gasteiger partial charge in [0, 0.05) is 11.3 Å². The highest BCUT2D eigenvalue weighted by Crippen LogP contribution is 2.34. The van der Waals surface area contributed by atoms with Crippen molar-refractivity contribution in [1.82, 2.24) is 0 Å². The van der Waals surface area contributed by atoms with Crippen molar-refractivity contribution >= 4 is 35.2 Å². The van der Waals surface area contributed by atoms with Gasteiger partial charge < -0.3 is 5.11 Å². The number of nitrogens with zero attached hydrogens (tertiary/aromatic N) is 1. The summed E-state index contributed by atoms with van der Waals surface area (Å²) in [5.74, 6) is -1.59. The topological polar surface area (TPSA) is 74.7 Å². The van der Waals surface area contributed by atoms with E-state index in [-0.39, 0.29) is 23.8 Å². The van der Waals surface area contributed by atoms with Crippen LogP contribution in [-0.2, 0) is 9.59 Å². The normalized spacial score (nSPS) is 17.4. The average Bonchev–Trinajstić information content (AvgIpc) is 2.83. The maximum Gasteiger partial charge on any atom is 0.335 e. The van der Waals surface area contributed by atoms with E-state index in [2.05, 4.69) is 0 Å². The minimum absolute atomic E-state index is 0.114. The number of rotatable bonds is 4. The number of thioether (sulfide) groups is 1. The van der Waals surface area contributed by atoms with Crippen molar-refractivity contribution in [2.24, 2.45) is 0 Å². The van der Waals surface area contributed by atoms with Crippen molar-refractivity contribution in [3.05, 3.63) is 59.7 Å². The lowest BCUT2D eigenvalue weighted by molar-refractivity contribution is -0.121. The molecule has 6 heteroatoms. The highest BCUT2D eigenvalue weighted by molar-refractivity contribution is 8.00. The SMILES string of the molecule is Cc1ccc(S[C@H]2CC(=O)N(c3ccc(C(=O)O)cc3)C2=O)cc1. The second-order valence-corrected chi connectivity index (χ2v) is 6.82. The molecule has 122 valence electrons. The van der Waals surface area contributed by atoms with E-state index in [1.807, 2.05) is 31.2 Å². The quantitative estimate of drug-likeness (QED) is 0.865. The van der Waals surface area contributed by atoms with Gasteiger partial charge in [-0.3, -0.25) is 9.59 Å². The molecular formula is C18H15NO4S. The lowest BCUT2D eigenvalue weighted by atomic mass is 10.2. The molecular weight excluding hydrogens is 326 g/mol. The molecule has 0 aromatic heterocycles. The summed E-state index contributed by atoms with van der Waals surface area (Å²) < 4.78 is 0. The molecule has 1 fully saturated rings. The number of anilines is 1.